The quantitative estimate of drug-likeness (QED) is 0.375. The van der Waals surface area contributed by atoms with Crippen LogP contribution in [0.1, 0.15) is 33.4 Å². The highest BCUT2D eigenvalue weighted by Gasteiger charge is 2.30. The summed E-state index contributed by atoms with van der Waals surface area (Å²) in [6.07, 6.45) is 0. The molecule has 3 aromatic rings. The Hall–Kier alpha value is -1.28. The van der Waals surface area contributed by atoms with Crippen molar-refractivity contribution in [1.29, 1.82) is 0 Å². The maximum atomic E-state index is 6.90. The molecule has 0 aliphatic carbocycles. The second-order valence-corrected chi connectivity index (χ2v) is 7.56. The number of hydrogen-bond donors (Lipinski definition) is 0. The summed E-state index contributed by atoms with van der Waals surface area (Å²) in [6.45, 7) is 0. The van der Waals surface area contributed by atoms with Crippen LogP contribution < -0.4 is 0 Å². The smallest absolute Gasteiger partial charge is 0.0671 e. The van der Waals surface area contributed by atoms with Gasteiger partial charge in [-0.1, -0.05) is 88.7 Å². The van der Waals surface area contributed by atoms with Gasteiger partial charge >= 0.3 is 0 Å². The van der Waals surface area contributed by atoms with Crippen molar-refractivity contribution in [3.05, 3.63) is 106 Å². The Morgan fingerprint density at radius 3 is 1.46 bits per heavy atom. The molecule has 0 saturated heterocycles. The van der Waals surface area contributed by atoms with Gasteiger partial charge in [-0.15, -0.1) is 23.2 Å². The third-order valence-corrected chi connectivity index (χ3v) is 5.70. The van der Waals surface area contributed by atoms with E-state index in [1.165, 1.54) is 0 Å². The molecule has 24 heavy (non-hydrogen) atoms. The van der Waals surface area contributed by atoms with E-state index >= 15 is 0 Å². The van der Waals surface area contributed by atoms with Gasteiger partial charge in [-0.05, 0) is 28.8 Å². The fourth-order valence-corrected chi connectivity index (χ4v) is 4.07. The van der Waals surface area contributed by atoms with Gasteiger partial charge in [0.15, 0.2) is 0 Å². The molecule has 0 radical (unpaired) electrons. The topological polar surface area (TPSA) is 0 Å². The maximum Gasteiger partial charge on any atom is 0.0671 e. The van der Waals surface area contributed by atoms with Gasteiger partial charge in [0.25, 0.3) is 0 Å². The number of alkyl halides is 2. The fraction of sp³-hybridized carbons (Fsp3) is 0.143. The zero-order valence-electron chi connectivity index (χ0n) is 12.9. The first-order valence-corrected chi connectivity index (χ1v) is 9.47. The molecule has 0 heterocycles. The summed E-state index contributed by atoms with van der Waals surface area (Å²) >= 11 is 17.3. The molecule has 1 unspecified atom stereocenters. The molecule has 0 fully saturated rings. The van der Waals surface area contributed by atoms with Gasteiger partial charge in [0.05, 0.1) is 10.8 Å². The third kappa shape index (κ3) is 4.03. The molecule has 0 bridgehead atoms. The summed E-state index contributed by atoms with van der Waals surface area (Å²) in [7, 11) is 0. The summed E-state index contributed by atoms with van der Waals surface area (Å²) in [5, 5.41) is -0.428. The third-order valence-electron chi connectivity index (χ3n) is 4.12. The minimum atomic E-state index is -0.219. The largest absolute Gasteiger partial charge is 0.117 e. The Balaban J connectivity index is 2.00. The normalized spacial score (nSPS) is 14.8. The molecule has 3 aromatic carbocycles. The molecule has 122 valence electrons. The van der Waals surface area contributed by atoms with Crippen LogP contribution in [0.25, 0.3) is 0 Å². The number of benzene rings is 3. The Labute approximate surface area is 161 Å². The first kappa shape index (κ1) is 17.5. The van der Waals surface area contributed by atoms with Crippen molar-refractivity contribution in [3.63, 3.8) is 0 Å². The molecule has 0 aliphatic rings. The minimum Gasteiger partial charge on any atom is -0.117 e. The van der Waals surface area contributed by atoms with Crippen molar-refractivity contribution in [3.8, 4) is 0 Å². The van der Waals surface area contributed by atoms with Gasteiger partial charge < -0.3 is 0 Å². The van der Waals surface area contributed by atoms with Crippen LogP contribution in [0.4, 0.5) is 0 Å². The summed E-state index contributed by atoms with van der Waals surface area (Å²) < 4.78 is 1.04. The van der Waals surface area contributed by atoms with Crippen molar-refractivity contribution in [2.45, 2.75) is 16.7 Å². The molecular formula is C21H17BrCl2. The standard InChI is InChI=1S/C21H17BrCl2/c22-18-13-11-17(12-14-18)21(24)19(15-7-3-1-4-8-15)20(23)16-9-5-2-6-10-16/h1-14,19-21H/t19-,20-,21?/m0/s1. The first-order valence-electron chi connectivity index (χ1n) is 7.80. The van der Waals surface area contributed by atoms with Crippen LogP contribution in [0.15, 0.2) is 89.4 Å². The van der Waals surface area contributed by atoms with Crippen molar-refractivity contribution < 1.29 is 0 Å². The molecule has 0 saturated carbocycles. The van der Waals surface area contributed by atoms with Gasteiger partial charge in [-0.3, -0.25) is 0 Å². The number of rotatable bonds is 5. The highest BCUT2D eigenvalue weighted by molar-refractivity contribution is 9.10. The molecule has 0 spiro atoms. The average Bonchev–Trinajstić information content (AvgIpc) is 2.64. The lowest BCUT2D eigenvalue weighted by Crippen LogP contribution is -2.13. The summed E-state index contributed by atoms with van der Waals surface area (Å²) in [5.74, 6) is -0.0295. The van der Waals surface area contributed by atoms with Crippen LogP contribution in [0, 0.1) is 0 Å². The molecule has 0 nitrogen and oxygen atoms in total. The molecule has 3 heteroatoms. The predicted molar refractivity (Wildman–Crippen MR) is 107 cm³/mol. The van der Waals surface area contributed by atoms with E-state index in [9.17, 15) is 0 Å². The summed E-state index contributed by atoms with van der Waals surface area (Å²) in [5.41, 5.74) is 3.29. The van der Waals surface area contributed by atoms with E-state index in [-0.39, 0.29) is 16.7 Å². The Bertz CT molecular complexity index is 757. The van der Waals surface area contributed by atoms with Crippen LogP contribution >= 0.6 is 39.1 Å². The van der Waals surface area contributed by atoms with Gasteiger partial charge in [0, 0.05) is 10.4 Å². The SMILES string of the molecule is ClC(c1ccc(Br)cc1)[C@@H](c1ccccc1)[C@@H](Cl)c1ccccc1. The summed E-state index contributed by atoms with van der Waals surface area (Å²) in [4.78, 5) is 0. The lowest BCUT2D eigenvalue weighted by atomic mass is 9.86. The second kappa shape index (κ2) is 8.20. The first-order chi connectivity index (χ1) is 11.7. The van der Waals surface area contributed by atoms with Crippen LogP contribution in [0.3, 0.4) is 0 Å². The number of hydrogen-bond acceptors (Lipinski definition) is 0. The molecule has 0 aliphatic heterocycles. The highest BCUT2D eigenvalue weighted by Crippen LogP contribution is 2.47. The van der Waals surface area contributed by atoms with Crippen molar-refractivity contribution in [2.24, 2.45) is 0 Å². The second-order valence-electron chi connectivity index (χ2n) is 5.70. The highest BCUT2D eigenvalue weighted by atomic mass is 79.9. The monoisotopic (exact) mass is 418 g/mol. The van der Waals surface area contributed by atoms with Gasteiger partial charge in [0.1, 0.15) is 0 Å². The zero-order chi connectivity index (χ0) is 16.9. The molecule has 3 atom stereocenters. The zero-order valence-corrected chi connectivity index (χ0v) is 16.0. The van der Waals surface area contributed by atoms with Gasteiger partial charge in [-0.25, -0.2) is 0 Å². The maximum absolute atomic E-state index is 6.90. The molecular weight excluding hydrogens is 403 g/mol. The number of halogens is 3. The van der Waals surface area contributed by atoms with Crippen molar-refractivity contribution in [1.82, 2.24) is 0 Å². The fourth-order valence-electron chi connectivity index (χ4n) is 2.86. The Morgan fingerprint density at radius 2 is 0.958 bits per heavy atom. The lowest BCUT2D eigenvalue weighted by Gasteiger charge is -2.28. The van der Waals surface area contributed by atoms with Gasteiger partial charge in [0.2, 0.25) is 0 Å². The summed E-state index contributed by atoms with van der Waals surface area (Å²) in [6, 6.07) is 28.5. The van der Waals surface area contributed by atoms with Crippen LogP contribution in [0.2, 0.25) is 0 Å². The minimum absolute atomic E-state index is 0.0295. The predicted octanol–water partition coefficient (Wildman–Crippen LogP) is 7.49. The Morgan fingerprint density at radius 1 is 0.542 bits per heavy atom. The van der Waals surface area contributed by atoms with E-state index in [0.717, 1.165) is 21.2 Å². The van der Waals surface area contributed by atoms with Crippen LogP contribution in [-0.4, -0.2) is 0 Å². The van der Waals surface area contributed by atoms with Crippen LogP contribution in [0.5, 0.6) is 0 Å². The van der Waals surface area contributed by atoms with E-state index in [0.29, 0.717) is 0 Å². The molecule has 0 aromatic heterocycles. The van der Waals surface area contributed by atoms with Crippen LogP contribution in [-0.2, 0) is 0 Å². The van der Waals surface area contributed by atoms with Crippen molar-refractivity contribution >= 4 is 39.1 Å². The van der Waals surface area contributed by atoms with E-state index in [1.807, 2.05) is 60.7 Å². The van der Waals surface area contributed by atoms with E-state index in [2.05, 4.69) is 40.2 Å². The molecule has 0 amide bonds. The Kier molecular flexibility index (Phi) is 5.99. The van der Waals surface area contributed by atoms with E-state index < -0.39 is 0 Å². The van der Waals surface area contributed by atoms with E-state index in [1.54, 1.807) is 0 Å². The lowest BCUT2D eigenvalue weighted by molar-refractivity contribution is 0.639. The van der Waals surface area contributed by atoms with E-state index in [4.69, 9.17) is 23.2 Å². The molecule has 0 N–H and O–H groups in total. The van der Waals surface area contributed by atoms with Crippen molar-refractivity contribution in [2.75, 3.05) is 0 Å². The van der Waals surface area contributed by atoms with Gasteiger partial charge in [-0.2, -0.15) is 0 Å². The average molecular weight is 420 g/mol. The molecule has 3 rings (SSSR count).